The Bertz CT molecular complexity index is 525. The topological polar surface area (TPSA) is 0 Å². The second-order valence-electron chi connectivity index (χ2n) is 3.87. The summed E-state index contributed by atoms with van der Waals surface area (Å²) in [7, 11) is 0. The van der Waals surface area contributed by atoms with Crippen LogP contribution in [0.1, 0.15) is 26.3 Å². The molecule has 0 spiro atoms. The van der Waals surface area contributed by atoms with E-state index in [0.717, 1.165) is 11.1 Å². The van der Waals surface area contributed by atoms with Crippen LogP contribution in [0.15, 0.2) is 24.3 Å². The molecule has 1 heterocycles. The minimum absolute atomic E-state index is 0.291. The predicted molar refractivity (Wildman–Crippen MR) is 78.0 cm³/mol. The number of thiophene rings is 1. The lowest BCUT2D eigenvalue weighted by Crippen LogP contribution is -1.95. The van der Waals surface area contributed by atoms with Gasteiger partial charge in [0, 0.05) is 25.4 Å². The van der Waals surface area contributed by atoms with Crippen LogP contribution in [0, 0.1) is 13.8 Å². The molecule has 90 valence electrons. The van der Waals surface area contributed by atoms with Gasteiger partial charge in [-0.1, -0.05) is 29.3 Å². The van der Waals surface area contributed by atoms with E-state index < -0.39 is 0 Å². The van der Waals surface area contributed by atoms with Crippen molar-refractivity contribution < 1.29 is 0 Å². The van der Waals surface area contributed by atoms with Gasteiger partial charge in [0.25, 0.3) is 0 Å². The molecule has 2 aromatic rings. The highest BCUT2D eigenvalue weighted by Gasteiger charge is 2.20. The Hall–Kier alpha value is -0.210. The molecule has 0 saturated carbocycles. The maximum atomic E-state index is 6.50. The molecular formula is C13H11Cl3S. The summed E-state index contributed by atoms with van der Waals surface area (Å²) >= 11 is 20.6. The molecule has 2 rings (SSSR count). The van der Waals surface area contributed by atoms with Gasteiger partial charge in [0.05, 0.1) is 5.38 Å². The Labute approximate surface area is 120 Å². The molecule has 1 aromatic carbocycles. The van der Waals surface area contributed by atoms with Crippen LogP contribution >= 0.6 is 46.1 Å². The van der Waals surface area contributed by atoms with Crippen LogP contribution in [0.3, 0.4) is 0 Å². The second kappa shape index (κ2) is 5.19. The van der Waals surface area contributed by atoms with Crippen LogP contribution in [0.5, 0.6) is 0 Å². The van der Waals surface area contributed by atoms with Crippen molar-refractivity contribution in [2.45, 2.75) is 19.2 Å². The van der Waals surface area contributed by atoms with Crippen LogP contribution in [-0.2, 0) is 0 Å². The van der Waals surface area contributed by atoms with Crippen LogP contribution in [0.2, 0.25) is 10.0 Å². The van der Waals surface area contributed by atoms with Crippen molar-refractivity contribution in [2.24, 2.45) is 0 Å². The average molecular weight is 306 g/mol. The largest absolute Gasteiger partial charge is 0.146 e. The van der Waals surface area contributed by atoms with Gasteiger partial charge in [-0.3, -0.25) is 0 Å². The van der Waals surface area contributed by atoms with Crippen LogP contribution in [0.25, 0.3) is 0 Å². The Morgan fingerprint density at radius 1 is 1.12 bits per heavy atom. The first-order valence-corrected chi connectivity index (χ1v) is 7.16. The van der Waals surface area contributed by atoms with E-state index in [2.05, 4.69) is 19.9 Å². The van der Waals surface area contributed by atoms with Crippen LogP contribution < -0.4 is 0 Å². The molecule has 0 nitrogen and oxygen atoms in total. The minimum atomic E-state index is -0.291. The molecular weight excluding hydrogens is 295 g/mol. The number of benzene rings is 1. The smallest absolute Gasteiger partial charge is 0.0875 e. The van der Waals surface area contributed by atoms with Crippen molar-refractivity contribution in [3.05, 3.63) is 55.2 Å². The third-order valence-corrected chi connectivity index (χ3v) is 4.70. The summed E-state index contributed by atoms with van der Waals surface area (Å²) in [6.45, 7) is 4.13. The Kier molecular flexibility index (Phi) is 4.04. The van der Waals surface area contributed by atoms with Crippen molar-refractivity contribution in [3.63, 3.8) is 0 Å². The van der Waals surface area contributed by atoms with Gasteiger partial charge in [0.2, 0.25) is 0 Å². The zero-order valence-electron chi connectivity index (χ0n) is 9.43. The van der Waals surface area contributed by atoms with Gasteiger partial charge < -0.3 is 0 Å². The van der Waals surface area contributed by atoms with E-state index in [0.29, 0.717) is 10.0 Å². The molecule has 0 aliphatic rings. The summed E-state index contributed by atoms with van der Waals surface area (Å²) in [4.78, 5) is 2.45. The van der Waals surface area contributed by atoms with E-state index in [1.807, 2.05) is 18.2 Å². The molecule has 0 aliphatic carbocycles. The molecule has 1 aromatic heterocycles. The first-order chi connectivity index (χ1) is 8.00. The first-order valence-electron chi connectivity index (χ1n) is 5.15. The lowest BCUT2D eigenvalue weighted by atomic mass is 10.0. The van der Waals surface area contributed by atoms with Gasteiger partial charge in [-0.15, -0.1) is 22.9 Å². The maximum Gasteiger partial charge on any atom is 0.0875 e. The predicted octanol–water partition coefficient (Wildman–Crippen LogP) is 6.00. The van der Waals surface area contributed by atoms with Crippen molar-refractivity contribution >= 4 is 46.1 Å². The third-order valence-electron chi connectivity index (χ3n) is 2.61. The number of hydrogen-bond acceptors (Lipinski definition) is 1. The standard InChI is InChI=1S/C13H11Cl3S/c1-7-6-9(8(2)17-7)13(16)12-10(14)4-3-5-11(12)15/h3-6,13H,1-2H3. The van der Waals surface area contributed by atoms with Gasteiger partial charge in [0.1, 0.15) is 0 Å². The molecule has 4 heteroatoms. The average Bonchev–Trinajstić information content (AvgIpc) is 2.57. The number of aryl methyl sites for hydroxylation is 2. The molecule has 0 amide bonds. The van der Waals surface area contributed by atoms with Gasteiger partial charge in [0.15, 0.2) is 0 Å². The lowest BCUT2D eigenvalue weighted by molar-refractivity contribution is 1.13. The normalized spacial score (nSPS) is 12.8. The molecule has 1 unspecified atom stereocenters. The third kappa shape index (κ3) is 2.63. The summed E-state index contributed by atoms with van der Waals surface area (Å²) in [6, 6.07) is 7.54. The zero-order chi connectivity index (χ0) is 12.6. The number of rotatable bonds is 2. The molecule has 0 bridgehead atoms. The Morgan fingerprint density at radius 2 is 1.71 bits per heavy atom. The highest BCUT2D eigenvalue weighted by Crippen LogP contribution is 2.41. The van der Waals surface area contributed by atoms with Crippen LogP contribution in [0.4, 0.5) is 0 Å². The summed E-state index contributed by atoms with van der Waals surface area (Å²) in [5.74, 6) is 0. The molecule has 0 fully saturated rings. The summed E-state index contributed by atoms with van der Waals surface area (Å²) in [5.41, 5.74) is 1.88. The van der Waals surface area contributed by atoms with Crippen molar-refractivity contribution in [3.8, 4) is 0 Å². The number of hydrogen-bond donors (Lipinski definition) is 0. The lowest BCUT2D eigenvalue weighted by Gasteiger charge is -2.13. The van der Waals surface area contributed by atoms with Crippen molar-refractivity contribution in [1.29, 1.82) is 0 Å². The minimum Gasteiger partial charge on any atom is -0.146 e. The zero-order valence-corrected chi connectivity index (χ0v) is 12.5. The van der Waals surface area contributed by atoms with E-state index in [4.69, 9.17) is 34.8 Å². The molecule has 0 N–H and O–H groups in total. The number of halogens is 3. The summed E-state index contributed by atoms with van der Waals surface area (Å²) < 4.78 is 0. The molecule has 0 aliphatic heterocycles. The van der Waals surface area contributed by atoms with Gasteiger partial charge >= 0.3 is 0 Å². The molecule has 17 heavy (non-hydrogen) atoms. The fourth-order valence-electron chi connectivity index (χ4n) is 1.81. The highest BCUT2D eigenvalue weighted by molar-refractivity contribution is 7.12. The SMILES string of the molecule is Cc1cc(C(Cl)c2c(Cl)cccc2Cl)c(C)s1. The summed E-state index contributed by atoms with van der Waals surface area (Å²) in [6.07, 6.45) is 0. The molecule has 0 radical (unpaired) electrons. The fraction of sp³-hybridized carbons (Fsp3) is 0.231. The maximum absolute atomic E-state index is 6.50. The fourth-order valence-corrected chi connectivity index (χ4v) is 4.03. The summed E-state index contributed by atoms with van der Waals surface area (Å²) in [5, 5.41) is 0.933. The monoisotopic (exact) mass is 304 g/mol. The van der Waals surface area contributed by atoms with E-state index >= 15 is 0 Å². The Morgan fingerprint density at radius 3 is 2.18 bits per heavy atom. The molecule has 1 atom stereocenters. The van der Waals surface area contributed by atoms with Crippen LogP contribution in [-0.4, -0.2) is 0 Å². The van der Waals surface area contributed by atoms with Crippen molar-refractivity contribution in [2.75, 3.05) is 0 Å². The highest BCUT2D eigenvalue weighted by atomic mass is 35.5. The number of alkyl halides is 1. The molecule has 0 saturated heterocycles. The Balaban J connectivity index is 2.51. The second-order valence-corrected chi connectivity index (χ2v) is 6.58. The quantitative estimate of drug-likeness (QED) is 0.597. The van der Waals surface area contributed by atoms with Gasteiger partial charge in [-0.2, -0.15) is 0 Å². The van der Waals surface area contributed by atoms with Gasteiger partial charge in [-0.05, 0) is 37.6 Å². The van der Waals surface area contributed by atoms with E-state index in [1.54, 1.807) is 11.3 Å². The van der Waals surface area contributed by atoms with E-state index in [1.165, 1.54) is 9.75 Å². The van der Waals surface area contributed by atoms with E-state index in [9.17, 15) is 0 Å². The van der Waals surface area contributed by atoms with E-state index in [-0.39, 0.29) is 5.38 Å². The van der Waals surface area contributed by atoms with Crippen molar-refractivity contribution in [1.82, 2.24) is 0 Å². The first kappa shape index (κ1) is 13.2. The van der Waals surface area contributed by atoms with Gasteiger partial charge in [-0.25, -0.2) is 0 Å².